The van der Waals surface area contributed by atoms with Crippen molar-refractivity contribution in [3.63, 3.8) is 0 Å². The summed E-state index contributed by atoms with van der Waals surface area (Å²) in [6.45, 7) is 2.29. The molecule has 1 N–H and O–H groups in total. The fourth-order valence-corrected chi connectivity index (χ4v) is 5.93. The lowest BCUT2D eigenvalue weighted by Gasteiger charge is -2.54. The van der Waals surface area contributed by atoms with Gasteiger partial charge in [-0.15, -0.1) is 0 Å². The van der Waals surface area contributed by atoms with Gasteiger partial charge in [-0.25, -0.2) is 0 Å². The van der Waals surface area contributed by atoms with Crippen LogP contribution < -0.4 is 5.46 Å². The fourth-order valence-electron chi connectivity index (χ4n) is 5.93. The molecule has 1 saturated carbocycles. The number of carboxylic acids is 1. The van der Waals surface area contributed by atoms with E-state index in [4.69, 9.17) is 20.8 Å². The van der Waals surface area contributed by atoms with Crippen LogP contribution in [0.4, 0.5) is 0 Å². The average Bonchev–Trinajstić information content (AvgIpc) is 3.02. The van der Waals surface area contributed by atoms with Crippen molar-refractivity contribution in [2.24, 2.45) is 5.41 Å². The maximum absolute atomic E-state index is 10.7. The third kappa shape index (κ3) is 3.41. The van der Waals surface area contributed by atoms with Crippen LogP contribution in [-0.2, 0) is 16.6 Å². The Labute approximate surface area is 192 Å². The number of aliphatic carboxylic acids is 1. The summed E-state index contributed by atoms with van der Waals surface area (Å²) in [7, 11) is 12.3. The first-order valence-electron chi connectivity index (χ1n) is 11.4. The fraction of sp³-hybridized carbons (Fsp3) is 0.321. The van der Waals surface area contributed by atoms with E-state index in [2.05, 4.69) is 61.5 Å². The molecule has 0 amide bonds. The molecule has 3 aromatic carbocycles. The Bertz CT molecular complexity index is 1190. The van der Waals surface area contributed by atoms with Crippen molar-refractivity contribution in [1.82, 2.24) is 0 Å². The van der Waals surface area contributed by atoms with Crippen LogP contribution in [0.3, 0.4) is 0 Å². The monoisotopic (exact) mass is 416 g/mol. The van der Waals surface area contributed by atoms with Gasteiger partial charge in [0.05, 0.1) is 7.85 Å². The largest absolute Gasteiger partial charge is 0.481 e. The highest BCUT2D eigenvalue weighted by Gasteiger charge is 2.56. The van der Waals surface area contributed by atoms with Crippen molar-refractivity contribution < 1.29 is 9.90 Å². The minimum Gasteiger partial charge on any atom is -0.481 e. The molecular weight excluding hydrogens is 390 g/mol. The van der Waals surface area contributed by atoms with E-state index in [1.54, 1.807) is 0 Å². The molecule has 3 aromatic rings. The highest BCUT2D eigenvalue weighted by atomic mass is 16.4. The first-order chi connectivity index (χ1) is 15.3. The molecule has 2 nitrogen and oxygen atoms in total. The van der Waals surface area contributed by atoms with Crippen LogP contribution in [0.1, 0.15) is 49.3 Å². The minimum atomic E-state index is -0.738. The second-order valence-corrected chi connectivity index (χ2v) is 9.96. The van der Waals surface area contributed by atoms with Crippen LogP contribution >= 0.6 is 0 Å². The smallest absolute Gasteiger partial charge is 0.303 e. The molecule has 0 aromatic heterocycles. The molecule has 0 atom stereocenters. The number of aryl methyl sites for hydroxylation is 1. The molecule has 1 fully saturated rings. The predicted octanol–water partition coefficient (Wildman–Crippen LogP) is 5.21. The van der Waals surface area contributed by atoms with Crippen LogP contribution in [0, 0.1) is 5.41 Å². The summed E-state index contributed by atoms with van der Waals surface area (Å²) >= 11 is 0. The SMILES string of the molecule is [B]CC1(C)CC2(C1)c1cc([B])ccc1-c1ccc(-c3ccc(CCCC(=O)O)cc3)cc12. The van der Waals surface area contributed by atoms with Crippen LogP contribution in [0.25, 0.3) is 22.3 Å². The van der Waals surface area contributed by atoms with Gasteiger partial charge in [-0.05, 0) is 76.1 Å². The Hall–Kier alpha value is -2.74. The van der Waals surface area contributed by atoms with Gasteiger partial charge in [0, 0.05) is 11.8 Å². The quantitative estimate of drug-likeness (QED) is 0.561. The maximum atomic E-state index is 10.7. The normalized spacial score (nSPS) is 22.9. The molecule has 5 rings (SSSR count). The van der Waals surface area contributed by atoms with Gasteiger partial charge >= 0.3 is 5.97 Å². The molecule has 4 heteroatoms. The van der Waals surface area contributed by atoms with Gasteiger partial charge in [-0.2, -0.15) is 0 Å². The summed E-state index contributed by atoms with van der Waals surface area (Å²) in [5.74, 6) is -0.738. The average molecular weight is 416 g/mol. The van der Waals surface area contributed by atoms with Gasteiger partial charge in [0.1, 0.15) is 7.85 Å². The molecule has 32 heavy (non-hydrogen) atoms. The molecule has 4 radical (unpaired) electrons. The molecular formula is C28H26B2O2. The number of hydrogen-bond acceptors (Lipinski definition) is 1. The highest BCUT2D eigenvalue weighted by molar-refractivity contribution is 6.32. The third-order valence-corrected chi connectivity index (χ3v) is 7.48. The van der Waals surface area contributed by atoms with Crippen LogP contribution in [0.2, 0.25) is 6.32 Å². The highest BCUT2D eigenvalue weighted by Crippen LogP contribution is 2.66. The second kappa shape index (κ2) is 7.69. The van der Waals surface area contributed by atoms with Gasteiger partial charge in [0.2, 0.25) is 0 Å². The van der Waals surface area contributed by atoms with E-state index in [1.165, 1.54) is 38.9 Å². The van der Waals surface area contributed by atoms with Crippen molar-refractivity contribution in [3.05, 3.63) is 77.4 Å². The van der Waals surface area contributed by atoms with Crippen molar-refractivity contribution in [2.45, 2.75) is 50.8 Å². The summed E-state index contributed by atoms with van der Waals surface area (Å²) < 4.78 is 0. The Kier molecular flexibility index (Phi) is 5.08. The number of carbonyl (C=O) groups is 1. The Balaban J connectivity index is 1.49. The molecule has 0 bridgehead atoms. The van der Waals surface area contributed by atoms with E-state index in [1.807, 2.05) is 6.07 Å². The van der Waals surface area contributed by atoms with Gasteiger partial charge in [0.15, 0.2) is 0 Å². The van der Waals surface area contributed by atoms with Crippen molar-refractivity contribution in [3.8, 4) is 22.3 Å². The van der Waals surface area contributed by atoms with Crippen LogP contribution in [0.5, 0.6) is 0 Å². The van der Waals surface area contributed by atoms with Gasteiger partial charge in [-0.3, -0.25) is 4.79 Å². The van der Waals surface area contributed by atoms with Gasteiger partial charge in [-0.1, -0.05) is 73.3 Å². The first kappa shape index (κ1) is 21.1. The first-order valence-corrected chi connectivity index (χ1v) is 11.4. The lowest BCUT2D eigenvalue weighted by Crippen LogP contribution is -2.47. The predicted molar refractivity (Wildman–Crippen MR) is 132 cm³/mol. The Morgan fingerprint density at radius 2 is 1.56 bits per heavy atom. The van der Waals surface area contributed by atoms with E-state index in [9.17, 15) is 4.79 Å². The van der Waals surface area contributed by atoms with E-state index in [0.29, 0.717) is 12.7 Å². The summed E-state index contributed by atoms with van der Waals surface area (Å²) in [6.07, 6.45) is 4.45. The number of benzene rings is 3. The standard InChI is InChI=1S/C28H26B2O2/c1-27(17-29)15-28(16-27)24-13-20(9-11-22(24)23-12-10-21(30)14-25(23)28)19-7-5-18(6-8-19)3-2-4-26(31)32/h5-14H,2-4,15-17H2,1H3,(H,31,32). The molecule has 156 valence electrons. The number of hydrogen-bond donors (Lipinski definition) is 1. The Morgan fingerprint density at radius 3 is 2.22 bits per heavy atom. The number of carboxylic acid groups (broad SMARTS) is 1. The summed E-state index contributed by atoms with van der Waals surface area (Å²) in [6, 6.07) is 21.7. The zero-order valence-corrected chi connectivity index (χ0v) is 18.5. The van der Waals surface area contributed by atoms with Crippen molar-refractivity contribution >= 4 is 27.1 Å². The van der Waals surface area contributed by atoms with E-state index < -0.39 is 5.97 Å². The van der Waals surface area contributed by atoms with Crippen molar-refractivity contribution in [1.29, 1.82) is 0 Å². The molecule has 2 aliphatic carbocycles. The summed E-state index contributed by atoms with van der Waals surface area (Å²) in [5.41, 5.74) is 9.91. The molecule has 0 heterocycles. The molecule has 0 saturated heterocycles. The molecule has 1 spiro atoms. The topological polar surface area (TPSA) is 37.3 Å². The van der Waals surface area contributed by atoms with Gasteiger partial charge in [0.25, 0.3) is 0 Å². The third-order valence-electron chi connectivity index (χ3n) is 7.48. The summed E-state index contributed by atoms with van der Waals surface area (Å²) in [4.78, 5) is 10.7. The van der Waals surface area contributed by atoms with Gasteiger partial charge < -0.3 is 5.11 Å². The van der Waals surface area contributed by atoms with E-state index in [-0.39, 0.29) is 17.3 Å². The second-order valence-electron chi connectivity index (χ2n) is 9.96. The number of rotatable bonds is 6. The van der Waals surface area contributed by atoms with Crippen LogP contribution in [0.15, 0.2) is 60.7 Å². The zero-order valence-electron chi connectivity index (χ0n) is 18.5. The zero-order chi connectivity index (χ0) is 22.5. The van der Waals surface area contributed by atoms with Crippen molar-refractivity contribution in [2.75, 3.05) is 0 Å². The number of fused-ring (bicyclic) bond motifs is 5. The maximum Gasteiger partial charge on any atom is 0.303 e. The van der Waals surface area contributed by atoms with E-state index in [0.717, 1.165) is 24.7 Å². The summed E-state index contributed by atoms with van der Waals surface area (Å²) in [5, 5.41) is 8.84. The van der Waals surface area contributed by atoms with E-state index >= 15 is 0 Å². The molecule has 2 aliphatic rings. The van der Waals surface area contributed by atoms with Crippen LogP contribution in [-0.4, -0.2) is 26.8 Å². The molecule has 0 unspecified atom stereocenters. The minimum absolute atomic E-state index is 0.000942. The lowest BCUT2D eigenvalue weighted by atomic mass is 9.47. The molecule has 0 aliphatic heterocycles. The lowest BCUT2D eigenvalue weighted by molar-refractivity contribution is -0.137. The Morgan fingerprint density at radius 1 is 0.938 bits per heavy atom.